The number of nitrogens with one attached hydrogen (secondary N) is 2. The number of amides is 1. The van der Waals surface area contributed by atoms with Gasteiger partial charge in [0, 0.05) is 51.2 Å². The smallest absolute Gasteiger partial charge is 0.256 e. The Balaban J connectivity index is 0.000000613. The molecule has 26 heavy (non-hydrogen) atoms. The summed E-state index contributed by atoms with van der Waals surface area (Å²) >= 11 is 0. The maximum atomic E-state index is 12.3. The number of hydrogen-bond donors (Lipinski definition) is 3. The molecule has 1 unspecified atom stereocenters. The minimum atomic E-state index is -1.06. The molecule has 1 aliphatic heterocycles. The van der Waals surface area contributed by atoms with Crippen LogP contribution in [0.5, 0.6) is 0 Å². The molecule has 0 fully saturated rings. The number of aromatic amines is 1. The summed E-state index contributed by atoms with van der Waals surface area (Å²) in [6.45, 7) is 1.93. The second-order valence-electron chi connectivity index (χ2n) is 6.43. The number of benzene rings is 1. The van der Waals surface area contributed by atoms with Gasteiger partial charge < -0.3 is 15.4 Å². The maximum Gasteiger partial charge on any atom is 0.256 e. The Morgan fingerprint density at radius 2 is 1.96 bits per heavy atom. The molecule has 5 nitrogen and oxygen atoms in total. The Labute approximate surface area is 156 Å². The molecule has 0 saturated carbocycles. The summed E-state index contributed by atoms with van der Waals surface area (Å²) in [5, 5.41) is 10.4. The van der Waals surface area contributed by atoms with Crippen molar-refractivity contribution in [2.24, 2.45) is 0 Å². The second kappa shape index (κ2) is 8.01. The Morgan fingerprint density at radius 1 is 1.23 bits per heavy atom. The van der Waals surface area contributed by atoms with Crippen molar-refractivity contribution in [3.05, 3.63) is 46.8 Å². The Kier molecular flexibility index (Phi) is 5.74. The van der Waals surface area contributed by atoms with E-state index >= 15 is 0 Å². The predicted molar refractivity (Wildman–Crippen MR) is 105 cm³/mol. The molecule has 138 valence electrons. The van der Waals surface area contributed by atoms with Crippen LogP contribution in [0.2, 0.25) is 0 Å². The summed E-state index contributed by atoms with van der Waals surface area (Å²) in [5.41, 5.74) is 5.88. The summed E-state index contributed by atoms with van der Waals surface area (Å²) in [4.78, 5) is 16.5. The first-order valence-corrected chi connectivity index (χ1v) is 10.4. The topological polar surface area (TPSA) is 82.2 Å². The van der Waals surface area contributed by atoms with Crippen LogP contribution in [0.4, 0.5) is 5.69 Å². The van der Waals surface area contributed by atoms with Crippen molar-refractivity contribution in [2.75, 3.05) is 18.2 Å². The molecule has 0 bridgehead atoms. The van der Waals surface area contributed by atoms with Gasteiger partial charge in [-0.15, -0.1) is 0 Å². The van der Waals surface area contributed by atoms with Gasteiger partial charge in [-0.3, -0.25) is 9.00 Å². The molecule has 1 aromatic carbocycles. The van der Waals surface area contributed by atoms with Crippen LogP contribution in [0.15, 0.2) is 29.2 Å². The summed E-state index contributed by atoms with van der Waals surface area (Å²) in [7, 11) is -1.06. The fourth-order valence-corrected chi connectivity index (χ4v) is 3.89. The lowest BCUT2D eigenvalue weighted by Crippen LogP contribution is -2.03. The molecule has 2 aliphatic rings. The molecule has 0 saturated heterocycles. The minimum absolute atomic E-state index is 0.105. The highest BCUT2D eigenvalue weighted by atomic mass is 32.2. The fourth-order valence-electron chi connectivity index (χ4n) is 3.35. The van der Waals surface area contributed by atoms with Crippen LogP contribution in [-0.2, 0) is 28.4 Å². The zero-order valence-electron chi connectivity index (χ0n) is 15.1. The van der Waals surface area contributed by atoms with Gasteiger partial charge in [0.2, 0.25) is 0 Å². The number of anilines is 1. The lowest BCUT2D eigenvalue weighted by molar-refractivity contribution is -0.110. The monoisotopic (exact) mass is 372 g/mol. The van der Waals surface area contributed by atoms with Crippen LogP contribution in [0.1, 0.15) is 42.3 Å². The van der Waals surface area contributed by atoms with Gasteiger partial charge >= 0.3 is 0 Å². The Bertz CT molecular complexity index is 860. The van der Waals surface area contributed by atoms with E-state index in [4.69, 9.17) is 5.11 Å². The number of hydrogen-bond acceptors (Lipinski definition) is 3. The first kappa shape index (κ1) is 18.6. The quantitative estimate of drug-likeness (QED) is 0.709. The van der Waals surface area contributed by atoms with Crippen molar-refractivity contribution >= 4 is 34.0 Å². The van der Waals surface area contributed by atoms with E-state index in [0.29, 0.717) is 5.57 Å². The number of aliphatic hydroxyl groups excluding tert-OH is 1. The summed E-state index contributed by atoms with van der Waals surface area (Å²) in [5.74, 6) is -0.105. The summed E-state index contributed by atoms with van der Waals surface area (Å²) in [6, 6.07) is 7.61. The highest BCUT2D eigenvalue weighted by Gasteiger charge is 2.25. The van der Waals surface area contributed by atoms with Gasteiger partial charge in [0.25, 0.3) is 5.91 Å². The van der Waals surface area contributed by atoms with Crippen LogP contribution < -0.4 is 5.32 Å². The van der Waals surface area contributed by atoms with Gasteiger partial charge in [-0.05, 0) is 68.5 Å². The van der Waals surface area contributed by atoms with Crippen molar-refractivity contribution in [1.29, 1.82) is 0 Å². The normalized spacial score (nSPS) is 17.8. The maximum absolute atomic E-state index is 12.3. The van der Waals surface area contributed by atoms with E-state index in [2.05, 4.69) is 16.4 Å². The first-order chi connectivity index (χ1) is 12.5. The van der Waals surface area contributed by atoms with Crippen molar-refractivity contribution in [2.45, 2.75) is 37.5 Å². The van der Waals surface area contributed by atoms with Crippen molar-refractivity contribution in [3.8, 4) is 0 Å². The van der Waals surface area contributed by atoms with Crippen molar-refractivity contribution < 1.29 is 14.1 Å². The van der Waals surface area contributed by atoms with E-state index in [1.807, 2.05) is 18.2 Å². The molecule has 6 heteroatoms. The standard InChI is InChI=1S/C18H18N2O2S.C2H6O/c1-23(22)13-6-7-17-14(10-13)15(18(21)20-17)9-12-8-11-4-2-3-5-16(11)19-12;1-2-3/h6-10,19H,2-5H2,1H3,(H,20,21);3H,2H2,1H3/b15-9-;. The average molecular weight is 372 g/mol. The van der Waals surface area contributed by atoms with Crippen molar-refractivity contribution in [3.63, 3.8) is 0 Å². The number of aromatic nitrogens is 1. The van der Waals surface area contributed by atoms with Gasteiger partial charge in [-0.25, -0.2) is 0 Å². The first-order valence-electron chi connectivity index (χ1n) is 8.86. The summed E-state index contributed by atoms with van der Waals surface area (Å²) in [6.07, 6.45) is 8.20. The largest absolute Gasteiger partial charge is 0.397 e. The molecule has 0 spiro atoms. The molecule has 1 aromatic heterocycles. The minimum Gasteiger partial charge on any atom is -0.397 e. The molecule has 1 aliphatic carbocycles. The molecule has 3 N–H and O–H groups in total. The SMILES string of the molecule is CCO.CS(=O)c1ccc2c(c1)/C(=C/c1cc3c([nH]1)CCCC3)C(=O)N2. The van der Waals surface area contributed by atoms with Gasteiger partial charge in [0.05, 0.1) is 5.57 Å². The number of carbonyl (C=O) groups is 1. The van der Waals surface area contributed by atoms with Gasteiger partial charge in [0.15, 0.2) is 0 Å². The third kappa shape index (κ3) is 3.81. The molecule has 1 atom stereocenters. The van der Waals surface area contributed by atoms with Crippen LogP contribution in [-0.4, -0.2) is 33.1 Å². The van der Waals surface area contributed by atoms with E-state index in [1.165, 1.54) is 24.1 Å². The lowest BCUT2D eigenvalue weighted by Gasteiger charge is -2.08. The highest BCUT2D eigenvalue weighted by molar-refractivity contribution is 7.84. The Morgan fingerprint density at radius 3 is 2.65 bits per heavy atom. The number of fused-ring (bicyclic) bond motifs is 2. The van der Waals surface area contributed by atoms with Crippen LogP contribution >= 0.6 is 0 Å². The number of carbonyl (C=O) groups excluding carboxylic acids is 1. The number of aryl methyl sites for hydroxylation is 2. The average Bonchev–Trinajstić information content (AvgIpc) is 3.16. The number of aliphatic hydroxyl groups is 1. The predicted octanol–water partition coefficient (Wildman–Crippen LogP) is 3.12. The highest BCUT2D eigenvalue weighted by Crippen LogP contribution is 2.35. The fraction of sp³-hybridized carbons (Fsp3) is 0.350. The van der Waals surface area contributed by atoms with Crippen LogP contribution in [0.25, 0.3) is 11.6 Å². The van der Waals surface area contributed by atoms with Crippen molar-refractivity contribution in [1.82, 2.24) is 4.98 Å². The van der Waals surface area contributed by atoms with Crippen LogP contribution in [0.3, 0.4) is 0 Å². The third-order valence-corrected chi connectivity index (χ3v) is 5.46. The number of rotatable bonds is 2. The molecule has 2 heterocycles. The zero-order valence-corrected chi connectivity index (χ0v) is 15.9. The third-order valence-electron chi connectivity index (χ3n) is 4.54. The van der Waals surface area contributed by atoms with E-state index in [-0.39, 0.29) is 12.5 Å². The van der Waals surface area contributed by atoms with Gasteiger partial charge in [-0.1, -0.05) is 0 Å². The van der Waals surface area contributed by atoms with Gasteiger partial charge in [0.1, 0.15) is 0 Å². The van der Waals surface area contributed by atoms with Gasteiger partial charge in [-0.2, -0.15) is 0 Å². The van der Waals surface area contributed by atoms with E-state index < -0.39 is 10.8 Å². The number of H-pyrrole nitrogens is 1. The summed E-state index contributed by atoms with van der Waals surface area (Å²) < 4.78 is 11.7. The molecule has 2 aromatic rings. The van der Waals surface area contributed by atoms with E-state index in [9.17, 15) is 9.00 Å². The molecule has 1 amide bonds. The molecule has 0 radical (unpaired) electrons. The molecular weight excluding hydrogens is 348 g/mol. The second-order valence-corrected chi connectivity index (χ2v) is 7.81. The van der Waals surface area contributed by atoms with Crippen LogP contribution in [0, 0.1) is 0 Å². The molecular formula is C20H24N2O3S. The zero-order chi connectivity index (χ0) is 18.7. The van der Waals surface area contributed by atoms with E-state index in [1.54, 1.807) is 19.2 Å². The lowest BCUT2D eigenvalue weighted by atomic mass is 9.98. The Hall–Kier alpha value is -2.18. The molecule has 4 rings (SSSR count). The van der Waals surface area contributed by atoms with E-state index in [0.717, 1.165) is 34.7 Å².